The summed E-state index contributed by atoms with van der Waals surface area (Å²) in [6.07, 6.45) is 0. The minimum absolute atomic E-state index is 0.0257. The first-order chi connectivity index (χ1) is 9.79. The Hall–Kier alpha value is -2.00. The predicted molar refractivity (Wildman–Crippen MR) is 82.2 cm³/mol. The fourth-order valence-corrected chi connectivity index (χ4v) is 1.98. The fourth-order valence-electron chi connectivity index (χ4n) is 1.36. The molecule has 1 rings (SSSR count). The average molecular weight is 306 g/mol. The average Bonchev–Trinajstić information content (AvgIpc) is 2.43. The summed E-state index contributed by atoms with van der Waals surface area (Å²) in [5, 5.41) is 8.93. The zero-order chi connectivity index (χ0) is 16.0. The topological polar surface area (TPSA) is 79.5 Å². The van der Waals surface area contributed by atoms with E-state index in [9.17, 15) is 9.00 Å². The number of carbonyl (C=O) groups excluding carboxylic acids is 1. The molecular formula is C15H18N2O3S. The van der Waals surface area contributed by atoms with Crippen LogP contribution in [0.5, 0.6) is 0 Å². The van der Waals surface area contributed by atoms with Crippen LogP contribution in [-0.2, 0) is 20.5 Å². The maximum Gasteiger partial charge on any atom is 0.358 e. The number of esters is 1. The molecule has 0 aliphatic rings. The Kier molecular flexibility index (Phi) is 5.79. The predicted octanol–water partition coefficient (Wildman–Crippen LogP) is 2.37. The third-order valence-electron chi connectivity index (χ3n) is 2.43. The van der Waals surface area contributed by atoms with Gasteiger partial charge < -0.3 is 4.74 Å². The quantitative estimate of drug-likeness (QED) is 0.632. The third kappa shape index (κ3) is 4.80. The molecule has 21 heavy (non-hydrogen) atoms. The first kappa shape index (κ1) is 17.1. The molecule has 0 aliphatic carbocycles. The first-order valence-electron chi connectivity index (χ1n) is 6.48. The van der Waals surface area contributed by atoms with Gasteiger partial charge in [-0.25, -0.2) is 9.00 Å². The molecular weight excluding hydrogens is 288 g/mol. The molecule has 1 unspecified atom stereocenters. The molecule has 0 bridgehead atoms. The molecule has 0 aliphatic heterocycles. The van der Waals surface area contributed by atoms with Gasteiger partial charge >= 0.3 is 5.97 Å². The van der Waals surface area contributed by atoms with Crippen LogP contribution in [0.4, 0.5) is 0 Å². The molecule has 5 nitrogen and oxygen atoms in total. The van der Waals surface area contributed by atoms with Crippen molar-refractivity contribution < 1.29 is 13.7 Å². The lowest BCUT2D eigenvalue weighted by Gasteiger charge is -2.15. The first-order valence-corrected chi connectivity index (χ1v) is 7.58. The van der Waals surface area contributed by atoms with Crippen LogP contribution in [0.3, 0.4) is 0 Å². The molecule has 0 heterocycles. The standard InChI is InChI=1S/C15H18N2O3S/c1-5-20-14(18)13(17-21(19)15(2,3)4)12-8-6-7-11(9-12)10-16/h6-9H,5H2,1-4H3/b17-13+. The van der Waals surface area contributed by atoms with Crippen molar-refractivity contribution in [1.29, 1.82) is 5.26 Å². The SMILES string of the molecule is CCOC(=O)/C(=N/S(=O)C(C)(C)C)c1cccc(C#N)c1. The second-order valence-corrected chi connectivity index (χ2v) is 7.12. The molecule has 0 N–H and O–H groups in total. The monoisotopic (exact) mass is 306 g/mol. The van der Waals surface area contributed by atoms with Crippen molar-refractivity contribution in [2.45, 2.75) is 32.4 Å². The van der Waals surface area contributed by atoms with E-state index < -0.39 is 21.7 Å². The van der Waals surface area contributed by atoms with Crippen LogP contribution in [-0.4, -0.2) is 27.2 Å². The third-order valence-corrected chi connectivity index (χ3v) is 3.83. The van der Waals surface area contributed by atoms with Crippen LogP contribution in [0.2, 0.25) is 0 Å². The zero-order valence-electron chi connectivity index (χ0n) is 12.5. The summed E-state index contributed by atoms with van der Waals surface area (Å²) in [5.41, 5.74) is 0.790. The van der Waals surface area contributed by atoms with Gasteiger partial charge in [0.05, 0.1) is 23.0 Å². The largest absolute Gasteiger partial charge is 0.461 e. The van der Waals surface area contributed by atoms with E-state index >= 15 is 0 Å². The second-order valence-electron chi connectivity index (χ2n) is 5.21. The Bertz CT molecular complexity index is 625. The summed E-state index contributed by atoms with van der Waals surface area (Å²) in [7, 11) is -1.60. The number of hydrogen-bond acceptors (Lipinski definition) is 4. The van der Waals surface area contributed by atoms with Gasteiger partial charge in [-0.2, -0.15) is 9.66 Å². The summed E-state index contributed by atoms with van der Waals surface area (Å²) < 4.78 is 20.5. The maximum atomic E-state index is 12.2. The van der Waals surface area contributed by atoms with Crippen LogP contribution in [0.1, 0.15) is 38.8 Å². The summed E-state index contributed by atoms with van der Waals surface area (Å²) in [6.45, 7) is 7.17. The summed E-state index contributed by atoms with van der Waals surface area (Å²) in [4.78, 5) is 12.0. The summed E-state index contributed by atoms with van der Waals surface area (Å²) in [6, 6.07) is 8.41. The summed E-state index contributed by atoms with van der Waals surface area (Å²) in [5.74, 6) is -0.648. The van der Waals surface area contributed by atoms with Gasteiger partial charge in [0.2, 0.25) is 0 Å². The van der Waals surface area contributed by atoms with Gasteiger partial charge in [0.15, 0.2) is 5.71 Å². The molecule has 6 heteroatoms. The molecule has 0 saturated heterocycles. The van der Waals surface area contributed by atoms with Crippen LogP contribution in [0.25, 0.3) is 0 Å². The van der Waals surface area contributed by atoms with Gasteiger partial charge in [-0.15, -0.1) is 0 Å². The van der Waals surface area contributed by atoms with Crippen molar-refractivity contribution in [3.8, 4) is 6.07 Å². The Labute approximate surface area is 127 Å². The van der Waals surface area contributed by atoms with Crippen LogP contribution in [0.15, 0.2) is 28.7 Å². The fraction of sp³-hybridized carbons (Fsp3) is 0.400. The number of benzene rings is 1. The van der Waals surface area contributed by atoms with E-state index in [-0.39, 0.29) is 12.3 Å². The van der Waals surface area contributed by atoms with Crippen molar-refractivity contribution >= 4 is 22.7 Å². The van der Waals surface area contributed by atoms with Crippen LogP contribution < -0.4 is 0 Å². The Morgan fingerprint density at radius 3 is 2.62 bits per heavy atom. The van der Waals surface area contributed by atoms with Crippen molar-refractivity contribution in [2.75, 3.05) is 6.61 Å². The number of ether oxygens (including phenoxy) is 1. The minimum Gasteiger partial charge on any atom is -0.461 e. The normalized spacial score (nSPS) is 13.4. The Morgan fingerprint density at radius 2 is 2.10 bits per heavy atom. The number of nitriles is 1. The van der Waals surface area contributed by atoms with Crippen molar-refractivity contribution in [3.05, 3.63) is 35.4 Å². The van der Waals surface area contributed by atoms with Crippen molar-refractivity contribution in [1.82, 2.24) is 0 Å². The molecule has 0 fully saturated rings. The van der Waals surface area contributed by atoms with E-state index in [1.807, 2.05) is 6.07 Å². The van der Waals surface area contributed by atoms with E-state index in [1.165, 1.54) is 6.07 Å². The molecule has 112 valence electrons. The lowest BCUT2D eigenvalue weighted by molar-refractivity contribution is -0.134. The molecule has 1 aromatic carbocycles. The number of nitrogens with zero attached hydrogens (tertiary/aromatic N) is 2. The van der Waals surface area contributed by atoms with E-state index in [2.05, 4.69) is 4.40 Å². The second kappa shape index (κ2) is 7.14. The van der Waals surface area contributed by atoms with E-state index in [0.717, 1.165) is 0 Å². The molecule has 0 radical (unpaired) electrons. The zero-order valence-corrected chi connectivity index (χ0v) is 13.4. The van der Waals surface area contributed by atoms with Crippen LogP contribution >= 0.6 is 0 Å². The van der Waals surface area contributed by atoms with Crippen molar-refractivity contribution in [2.24, 2.45) is 4.40 Å². The molecule has 1 aromatic rings. The molecule has 0 saturated carbocycles. The Morgan fingerprint density at radius 1 is 1.43 bits per heavy atom. The molecule has 0 aromatic heterocycles. The van der Waals surface area contributed by atoms with Gasteiger partial charge in [-0.1, -0.05) is 12.1 Å². The van der Waals surface area contributed by atoms with E-state index in [4.69, 9.17) is 10.00 Å². The molecule has 1 atom stereocenters. The molecule has 0 amide bonds. The number of hydrogen-bond donors (Lipinski definition) is 0. The van der Waals surface area contributed by atoms with Gasteiger partial charge in [0.25, 0.3) is 0 Å². The van der Waals surface area contributed by atoms with Crippen LogP contribution in [0, 0.1) is 11.3 Å². The van der Waals surface area contributed by atoms with Gasteiger partial charge in [0.1, 0.15) is 11.0 Å². The number of rotatable bonds is 4. The summed E-state index contributed by atoms with van der Waals surface area (Å²) >= 11 is 0. The van der Waals surface area contributed by atoms with Crippen molar-refractivity contribution in [3.63, 3.8) is 0 Å². The highest BCUT2D eigenvalue weighted by Crippen LogP contribution is 2.15. The lowest BCUT2D eigenvalue weighted by Crippen LogP contribution is -2.25. The smallest absolute Gasteiger partial charge is 0.358 e. The van der Waals surface area contributed by atoms with Gasteiger partial charge in [-0.05, 0) is 39.8 Å². The highest BCUT2D eigenvalue weighted by Gasteiger charge is 2.23. The Balaban J connectivity index is 3.32. The van der Waals surface area contributed by atoms with E-state index in [1.54, 1.807) is 45.9 Å². The lowest BCUT2D eigenvalue weighted by atomic mass is 10.1. The highest BCUT2D eigenvalue weighted by molar-refractivity contribution is 7.85. The highest BCUT2D eigenvalue weighted by atomic mass is 32.2. The minimum atomic E-state index is -1.60. The maximum absolute atomic E-state index is 12.2. The number of carbonyl (C=O) groups is 1. The molecule has 0 spiro atoms. The van der Waals surface area contributed by atoms with E-state index in [0.29, 0.717) is 11.1 Å². The van der Waals surface area contributed by atoms with Gasteiger partial charge in [0, 0.05) is 5.56 Å². The van der Waals surface area contributed by atoms with Gasteiger partial charge in [-0.3, -0.25) is 0 Å².